The van der Waals surface area contributed by atoms with Crippen molar-refractivity contribution in [2.45, 2.75) is 59.0 Å². The number of carbonyl (C=O) groups excluding carboxylic acids is 4. The molecule has 0 saturated carbocycles. The zero-order chi connectivity index (χ0) is 19.8. The van der Waals surface area contributed by atoms with Gasteiger partial charge in [0.15, 0.2) is 0 Å². The summed E-state index contributed by atoms with van der Waals surface area (Å²) in [6, 6.07) is -1.05. The van der Waals surface area contributed by atoms with Crippen LogP contribution in [0.4, 0.5) is 0 Å². The van der Waals surface area contributed by atoms with Gasteiger partial charge in [-0.15, -0.1) is 0 Å². The first-order chi connectivity index (χ1) is 11.8. The van der Waals surface area contributed by atoms with E-state index in [9.17, 15) is 19.2 Å². The molecule has 25 heavy (non-hydrogen) atoms. The Labute approximate surface area is 149 Å². The summed E-state index contributed by atoms with van der Waals surface area (Å²) in [4.78, 5) is 43.9. The summed E-state index contributed by atoms with van der Waals surface area (Å²) in [6.07, 6.45) is 4.44. The van der Waals surface area contributed by atoms with E-state index in [-0.39, 0.29) is 17.8 Å². The summed E-state index contributed by atoms with van der Waals surface area (Å²) in [5.74, 6) is -1.22. The van der Waals surface area contributed by atoms with Gasteiger partial charge >= 0.3 is 11.9 Å². The molecule has 0 radical (unpaired) electrons. The number of amides is 2. The largest absolute Gasteiger partial charge is 0.467 e. The average Bonchev–Trinajstić information content (AvgIpc) is 2.63. The monoisotopic (exact) mass is 358 g/mol. The van der Waals surface area contributed by atoms with E-state index in [2.05, 4.69) is 20.1 Å². The van der Waals surface area contributed by atoms with Crippen LogP contribution in [0.5, 0.6) is 0 Å². The van der Waals surface area contributed by atoms with Gasteiger partial charge in [-0.3, -0.25) is 9.59 Å². The summed E-state index contributed by atoms with van der Waals surface area (Å²) < 4.78 is 9.00. The summed E-state index contributed by atoms with van der Waals surface area (Å²) >= 11 is 0. The first-order valence-electron chi connectivity index (χ1n) is 8.19. The maximum atomic E-state index is 11.0. The quantitative estimate of drug-likeness (QED) is 0.496. The van der Waals surface area contributed by atoms with Crippen molar-refractivity contribution >= 4 is 23.8 Å². The molecule has 0 aromatic carbocycles. The molecule has 0 aliphatic heterocycles. The van der Waals surface area contributed by atoms with Gasteiger partial charge < -0.3 is 20.1 Å². The highest BCUT2D eigenvalue weighted by atomic mass is 16.5. The zero-order valence-electron chi connectivity index (χ0n) is 15.9. The van der Waals surface area contributed by atoms with Crippen LogP contribution in [0, 0.1) is 0 Å². The fourth-order valence-corrected chi connectivity index (χ4v) is 1.61. The number of hydrogen-bond acceptors (Lipinski definition) is 6. The number of nitrogens with one attached hydrogen (secondary N) is 2. The van der Waals surface area contributed by atoms with Gasteiger partial charge in [-0.1, -0.05) is 26.8 Å². The number of allylic oxidation sites excluding steroid dienone is 1. The molecule has 0 fully saturated rings. The SMILES string of the molecule is C/C=C\C(=O)NC(CC)C(=O)OC.CCC(=O)NC(CC)C(=O)OC. The van der Waals surface area contributed by atoms with Crippen LogP contribution in [0.25, 0.3) is 0 Å². The fourth-order valence-electron chi connectivity index (χ4n) is 1.61. The fraction of sp³-hybridized carbons (Fsp3) is 0.647. The summed E-state index contributed by atoms with van der Waals surface area (Å²) in [5.41, 5.74) is 0. The van der Waals surface area contributed by atoms with Crippen LogP contribution in [-0.4, -0.2) is 50.1 Å². The number of carbonyl (C=O) groups is 4. The molecular formula is C17H30N2O6. The third-order valence-corrected chi connectivity index (χ3v) is 3.08. The van der Waals surface area contributed by atoms with Gasteiger partial charge in [-0.2, -0.15) is 0 Å². The van der Waals surface area contributed by atoms with Crippen LogP contribution in [-0.2, 0) is 28.7 Å². The predicted octanol–water partition coefficient (Wildman–Crippen LogP) is 1.09. The van der Waals surface area contributed by atoms with Gasteiger partial charge in [0.2, 0.25) is 11.8 Å². The van der Waals surface area contributed by atoms with E-state index < -0.39 is 18.1 Å². The second-order valence-corrected chi connectivity index (χ2v) is 4.90. The number of rotatable bonds is 8. The molecule has 0 saturated heterocycles. The molecule has 0 rings (SSSR count). The minimum Gasteiger partial charge on any atom is -0.467 e. The first-order valence-corrected chi connectivity index (χ1v) is 8.19. The van der Waals surface area contributed by atoms with Crippen molar-refractivity contribution in [2.24, 2.45) is 0 Å². The van der Waals surface area contributed by atoms with Crippen molar-refractivity contribution in [1.29, 1.82) is 0 Å². The normalized spacial score (nSPS) is 12.2. The van der Waals surface area contributed by atoms with Crippen LogP contribution in [0.15, 0.2) is 12.2 Å². The topological polar surface area (TPSA) is 111 Å². The highest BCUT2D eigenvalue weighted by Crippen LogP contribution is 1.95. The van der Waals surface area contributed by atoms with E-state index in [1.807, 2.05) is 6.92 Å². The Bertz CT molecular complexity index is 462. The molecule has 0 spiro atoms. The van der Waals surface area contributed by atoms with Gasteiger partial charge in [0, 0.05) is 6.42 Å². The molecule has 8 nitrogen and oxygen atoms in total. The Hall–Kier alpha value is -2.38. The van der Waals surface area contributed by atoms with E-state index in [4.69, 9.17) is 0 Å². The lowest BCUT2D eigenvalue weighted by Gasteiger charge is -2.13. The zero-order valence-corrected chi connectivity index (χ0v) is 15.9. The molecule has 8 heteroatoms. The molecule has 0 aromatic rings. The summed E-state index contributed by atoms with van der Waals surface area (Å²) in [7, 11) is 2.61. The predicted molar refractivity (Wildman–Crippen MR) is 93.6 cm³/mol. The first kappa shape index (κ1) is 24.9. The standard InChI is InChI=1S/C9H15NO3.C8H15NO3/c1-4-6-8(11)10-7(5-2)9(12)13-3;1-4-6(8(11)12-3)9-7(10)5-2/h4,6-7H,5H2,1-3H3,(H,10,11);6H,4-5H2,1-3H3,(H,9,10)/b6-4-;. The lowest BCUT2D eigenvalue weighted by Crippen LogP contribution is -2.40. The molecule has 0 aromatic heterocycles. The number of esters is 2. The maximum absolute atomic E-state index is 11.0. The lowest BCUT2D eigenvalue weighted by molar-refractivity contribution is -0.145. The van der Waals surface area contributed by atoms with Gasteiger partial charge in [-0.05, 0) is 25.8 Å². The van der Waals surface area contributed by atoms with E-state index in [1.54, 1.807) is 26.8 Å². The molecule has 2 atom stereocenters. The van der Waals surface area contributed by atoms with Gasteiger partial charge in [0.05, 0.1) is 14.2 Å². The number of methoxy groups -OCH3 is 2. The van der Waals surface area contributed by atoms with E-state index in [0.29, 0.717) is 19.3 Å². The third-order valence-electron chi connectivity index (χ3n) is 3.08. The molecule has 2 amide bonds. The lowest BCUT2D eigenvalue weighted by atomic mass is 10.2. The van der Waals surface area contributed by atoms with Crippen molar-refractivity contribution in [3.8, 4) is 0 Å². The second-order valence-electron chi connectivity index (χ2n) is 4.90. The van der Waals surface area contributed by atoms with Crippen molar-refractivity contribution in [1.82, 2.24) is 10.6 Å². The van der Waals surface area contributed by atoms with Crippen molar-refractivity contribution in [2.75, 3.05) is 14.2 Å². The second kappa shape index (κ2) is 15.2. The minimum absolute atomic E-state index is 0.132. The molecule has 0 heterocycles. The smallest absolute Gasteiger partial charge is 0.328 e. The van der Waals surface area contributed by atoms with E-state index in [0.717, 1.165) is 0 Å². The van der Waals surface area contributed by atoms with Crippen molar-refractivity contribution in [3.05, 3.63) is 12.2 Å². The molecule has 2 unspecified atom stereocenters. The van der Waals surface area contributed by atoms with E-state index >= 15 is 0 Å². The highest BCUT2D eigenvalue weighted by Gasteiger charge is 2.18. The minimum atomic E-state index is -0.548. The Morgan fingerprint density at radius 1 is 0.880 bits per heavy atom. The highest BCUT2D eigenvalue weighted by molar-refractivity contribution is 5.91. The van der Waals surface area contributed by atoms with Crippen LogP contribution >= 0.6 is 0 Å². The summed E-state index contributed by atoms with van der Waals surface area (Å²) in [5, 5.41) is 5.07. The van der Waals surface area contributed by atoms with Crippen molar-refractivity contribution < 1.29 is 28.7 Å². The van der Waals surface area contributed by atoms with Gasteiger partial charge in [0.25, 0.3) is 0 Å². The van der Waals surface area contributed by atoms with Gasteiger partial charge in [0.1, 0.15) is 12.1 Å². The van der Waals surface area contributed by atoms with Crippen LogP contribution in [0.3, 0.4) is 0 Å². The number of hydrogen-bond donors (Lipinski definition) is 2. The Kier molecular flexibility index (Phi) is 15.1. The third kappa shape index (κ3) is 11.7. The number of ether oxygens (including phenoxy) is 2. The van der Waals surface area contributed by atoms with Crippen LogP contribution in [0.2, 0.25) is 0 Å². The molecular weight excluding hydrogens is 328 g/mol. The molecule has 0 aliphatic carbocycles. The Morgan fingerprint density at radius 3 is 1.64 bits per heavy atom. The maximum Gasteiger partial charge on any atom is 0.328 e. The molecule has 2 N–H and O–H groups in total. The molecule has 0 aliphatic rings. The molecule has 144 valence electrons. The van der Waals surface area contributed by atoms with Gasteiger partial charge in [-0.25, -0.2) is 9.59 Å². The molecule has 0 bridgehead atoms. The summed E-state index contributed by atoms with van der Waals surface area (Å²) in [6.45, 7) is 7.09. The van der Waals surface area contributed by atoms with Crippen molar-refractivity contribution in [3.63, 3.8) is 0 Å². The Morgan fingerprint density at radius 2 is 1.32 bits per heavy atom. The Balaban J connectivity index is 0. The van der Waals surface area contributed by atoms with Crippen LogP contribution < -0.4 is 10.6 Å². The van der Waals surface area contributed by atoms with E-state index in [1.165, 1.54) is 20.3 Å². The average molecular weight is 358 g/mol. The van der Waals surface area contributed by atoms with Crippen LogP contribution in [0.1, 0.15) is 47.0 Å².